The summed E-state index contributed by atoms with van der Waals surface area (Å²) in [5, 5.41) is 11.9. The van der Waals surface area contributed by atoms with Crippen molar-refractivity contribution in [3.63, 3.8) is 0 Å². The van der Waals surface area contributed by atoms with E-state index < -0.39 is 0 Å². The van der Waals surface area contributed by atoms with Gasteiger partial charge >= 0.3 is 0 Å². The van der Waals surface area contributed by atoms with Gasteiger partial charge in [0.05, 0.1) is 17.3 Å². The van der Waals surface area contributed by atoms with Crippen molar-refractivity contribution >= 4 is 45.9 Å². The summed E-state index contributed by atoms with van der Waals surface area (Å²) in [7, 11) is 0. The molecule has 2 aromatic heterocycles. The van der Waals surface area contributed by atoms with Crippen LogP contribution in [0.1, 0.15) is 28.3 Å². The fourth-order valence-corrected chi connectivity index (χ4v) is 7.97. The molecule has 9 rings (SSSR count). The van der Waals surface area contributed by atoms with E-state index in [1.807, 2.05) is 30.6 Å². The Labute approximate surface area is 274 Å². The van der Waals surface area contributed by atoms with Gasteiger partial charge in [-0.3, -0.25) is 4.98 Å². The topological polar surface area (TPSA) is 44.9 Å². The summed E-state index contributed by atoms with van der Waals surface area (Å²) in [6.45, 7) is 4.12. The van der Waals surface area contributed by atoms with E-state index in [-0.39, 0.29) is 12.0 Å². The molecule has 1 aliphatic heterocycles. The number of allylic oxidation sites excluding steroid dienone is 4. The molecule has 2 aliphatic carbocycles. The van der Waals surface area contributed by atoms with Gasteiger partial charge in [0.15, 0.2) is 0 Å². The van der Waals surface area contributed by atoms with E-state index >= 15 is 0 Å². The second-order valence-corrected chi connectivity index (χ2v) is 12.3. The SMILES string of the molecule is C=Cc1c(C=N)c2ccccc2n1/C=C/C(=C\Cc1ccc2c3c(cccc13)-c1ccccc1-2)N1c2ccncc2C2C=CC=CC21. The molecular formula is C43H32N4. The highest BCUT2D eigenvalue weighted by atomic mass is 15.2. The lowest BCUT2D eigenvalue weighted by Crippen LogP contribution is -2.31. The summed E-state index contributed by atoms with van der Waals surface area (Å²) in [5.41, 5.74) is 12.9. The van der Waals surface area contributed by atoms with E-state index in [4.69, 9.17) is 5.41 Å². The van der Waals surface area contributed by atoms with Crippen molar-refractivity contribution in [1.82, 2.24) is 9.55 Å². The molecule has 0 radical (unpaired) electrons. The fourth-order valence-electron chi connectivity index (χ4n) is 7.97. The van der Waals surface area contributed by atoms with Gasteiger partial charge in [-0.15, -0.1) is 0 Å². The first kappa shape index (κ1) is 27.3. The molecule has 224 valence electrons. The van der Waals surface area contributed by atoms with Crippen LogP contribution >= 0.6 is 0 Å². The molecule has 2 atom stereocenters. The Kier molecular flexibility index (Phi) is 6.29. The number of para-hydroxylation sites is 1. The smallest absolute Gasteiger partial charge is 0.0630 e. The number of nitrogens with zero attached hydrogens (tertiary/aromatic N) is 3. The van der Waals surface area contributed by atoms with Crippen LogP contribution in [-0.4, -0.2) is 21.8 Å². The summed E-state index contributed by atoms with van der Waals surface area (Å²) in [4.78, 5) is 6.98. The third-order valence-electron chi connectivity index (χ3n) is 10.0. The molecule has 0 saturated carbocycles. The molecule has 3 aliphatic rings. The minimum absolute atomic E-state index is 0.148. The van der Waals surface area contributed by atoms with Gasteiger partial charge in [-0.05, 0) is 69.3 Å². The van der Waals surface area contributed by atoms with Crippen LogP contribution < -0.4 is 4.90 Å². The highest BCUT2D eigenvalue weighted by Gasteiger charge is 2.37. The Bertz CT molecular complexity index is 2370. The van der Waals surface area contributed by atoms with Crippen LogP contribution in [0.15, 0.2) is 146 Å². The van der Waals surface area contributed by atoms with Crippen molar-refractivity contribution in [2.24, 2.45) is 0 Å². The first-order valence-electron chi connectivity index (χ1n) is 16.1. The van der Waals surface area contributed by atoms with Crippen molar-refractivity contribution in [3.05, 3.63) is 168 Å². The summed E-state index contributed by atoms with van der Waals surface area (Å²) in [6, 6.07) is 30.6. The Hall–Kier alpha value is -6.00. The molecule has 0 saturated heterocycles. The monoisotopic (exact) mass is 604 g/mol. The van der Waals surface area contributed by atoms with Gasteiger partial charge in [0.2, 0.25) is 0 Å². The number of hydrogen-bond donors (Lipinski definition) is 1. The molecule has 0 fully saturated rings. The molecular weight excluding hydrogens is 573 g/mol. The third kappa shape index (κ3) is 4.08. The zero-order valence-electron chi connectivity index (χ0n) is 25.8. The summed E-state index contributed by atoms with van der Waals surface area (Å²) in [6.07, 6.45) is 23.6. The maximum Gasteiger partial charge on any atom is 0.0630 e. The molecule has 6 aromatic rings. The highest BCUT2D eigenvalue weighted by molar-refractivity contribution is 6.16. The average Bonchev–Trinajstić information content (AvgIpc) is 3.75. The number of rotatable bonds is 7. The maximum absolute atomic E-state index is 8.17. The predicted molar refractivity (Wildman–Crippen MR) is 197 cm³/mol. The first-order chi connectivity index (χ1) is 23.3. The Morgan fingerprint density at radius 1 is 0.830 bits per heavy atom. The van der Waals surface area contributed by atoms with Crippen LogP contribution in [0, 0.1) is 5.41 Å². The molecule has 4 aromatic carbocycles. The number of benzene rings is 4. The molecule has 4 heteroatoms. The summed E-state index contributed by atoms with van der Waals surface area (Å²) >= 11 is 0. The second-order valence-electron chi connectivity index (χ2n) is 12.3. The molecule has 2 unspecified atom stereocenters. The van der Waals surface area contributed by atoms with Gasteiger partial charge in [0.25, 0.3) is 0 Å². The van der Waals surface area contributed by atoms with Crippen LogP contribution in [0.4, 0.5) is 5.69 Å². The Balaban J connectivity index is 1.20. The molecule has 1 N–H and O–H groups in total. The Morgan fingerprint density at radius 2 is 1.60 bits per heavy atom. The van der Waals surface area contributed by atoms with E-state index in [1.165, 1.54) is 56.1 Å². The zero-order valence-corrected chi connectivity index (χ0v) is 25.8. The minimum atomic E-state index is 0.148. The van der Waals surface area contributed by atoms with Crippen molar-refractivity contribution in [1.29, 1.82) is 5.41 Å². The number of aromatic nitrogens is 2. The predicted octanol–water partition coefficient (Wildman–Crippen LogP) is 10.2. The summed E-state index contributed by atoms with van der Waals surface area (Å²) < 4.78 is 2.16. The fraction of sp³-hybridized carbons (Fsp3) is 0.0698. The average molecular weight is 605 g/mol. The number of fused-ring (bicyclic) bond motifs is 7. The molecule has 4 nitrogen and oxygen atoms in total. The largest absolute Gasteiger partial charge is 0.333 e. The molecule has 0 bridgehead atoms. The lowest BCUT2D eigenvalue weighted by atomic mass is 9.92. The quantitative estimate of drug-likeness (QED) is 0.145. The van der Waals surface area contributed by atoms with E-state index in [0.29, 0.717) is 0 Å². The molecule has 0 amide bonds. The maximum atomic E-state index is 8.17. The van der Waals surface area contributed by atoms with Crippen LogP contribution in [0.2, 0.25) is 0 Å². The summed E-state index contributed by atoms with van der Waals surface area (Å²) in [5.74, 6) is 0.233. The van der Waals surface area contributed by atoms with Crippen LogP contribution in [0.25, 0.3) is 56.2 Å². The standard InChI is InChI=1S/C43H32N4/c1-2-39-37(26-44)33-12-5-7-16-40(33)46(39)25-23-29(47-41-17-8-6-13-34(41)38-27-45-24-22-42(38)47)20-18-28-19-21-36-32-11-4-3-10-31(32)35-15-9-14-30(28)43(35)36/h2-17,19-27,34,41,44H,1,18H2/b25-23+,29-20+,44-26?. The van der Waals surface area contributed by atoms with Gasteiger partial charge < -0.3 is 14.9 Å². The van der Waals surface area contributed by atoms with Crippen molar-refractivity contribution in [2.75, 3.05) is 4.90 Å². The molecule has 47 heavy (non-hydrogen) atoms. The van der Waals surface area contributed by atoms with Crippen LogP contribution in [-0.2, 0) is 6.42 Å². The van der Waals surface area contributed by atoms with Crippen molar-refractivity contribution in [3.8, 4) is 22.3 Å². The van der Waals surface area contributed by atoms with Gasteiger partial charge in [-0.1, -0.05) is 110 Å². The van der Waals surface area contributed by atoms with E-state index in [2.05, 4.69) is 136 Å². The van der Waals surface area contributed by atoms with Gasteiger partial charge in [0.1, 0.15) is 0 Å². The lowest BCUT2D eigenvalue weighted by Gasteiger charge is -2.29. The molecule has 3 heterocycles. The van der Waals surface area contributed by atoms with E-state index in [1.54, 1.807) is 0 Å². The van der Waals surface area contributed by atoms with E-state index in [0.717, 1.165) is 34.3 Å². The number of anilines is 1. The van der Waals surface area contributed by atoms with Crippen LogP contribution in [0.5, 0.6) is 0 Å². The van der Waals surface area contributed by atoms with Gasteiger partial charge in [-0.2, -0.15) is 0 Å². The lowest BCUT2D eigenvalue weighted by molar-refractivity contribution is 0.727. The van der Waals surface area contributed by atoms with Crippen molar-refractivity contribution in [2.45, 2.75) is 18.4 Å². The van der Waals surface area contributed by atoms with Gasteiger partial charge in [0, 0.05) is 58.6 Å². The minimum Gasteiger partial charge on any atom is -0.333 e. The normalized spacial score (nSPS) is 17.4. The zero-order chi connectivity index (χ0) is 31.5. The second kappa shape index (κ2) is 10.8. The highest BCUT2D eigenvalue weighted by Crippen LogP contribution is 2.48. The first-order valence-corrected chi connectivity index (χ1v) is 16.1. The number of pyridine rings is 1. The molecule has 0 spiro atoms. The third-order valence-corrected chi connectivity index (χ3v) is 10.0. The number of hydrogen-bond acceptors (Lipinski definition) is 3. The van der Waals surface area contributed by atoms with Crippen LogP contribution in [0.3, 0.4) is 0 Å². The van der Waals surface area contributed by atoms with Gasteiger partial charge in [-0.25, -0.2) is 0 Å². The van der Waals surface area contributed by atoms with E-state index in [9.17, 15) is 0 Å². The number of nitrogens with one attached hydrogen (secondary N) is 1. The van der Waals surface area contributed by atoms with Crippen molar-refractivity contribution < 1.29 is 0 Å². The Morgan fingerprint density at radius 3 is 2.45 bits per heavy atom.